The SMILES string of the molecule is CC=Cc1ccccc1Oc1ncc(Br)cc1C(=O)O. The van der Waals surface area contributed by atoms with E-state index in [9.17, 15) is 9.90 Å². The highest BCUT2D eigenvalue weighted by Crippen LogP contribution is 2.28. The number of nitrogens with zero attached hydrogens (tertiary/aromatic N) is 1. The van der Waals surface area contributed by atoms with Crippen molar-refractivity contribution in [1.82, 2.24) is 4.98 Å². The summed E-state index contributed by atoms with van der Waals surface area (Å²) < 4.78 is 6.23. The highest BCUT2D eigenvalue weighted by atomic mass is 79.9. The summed E-state index contributed by atoms with van der Waals surface area (Å²) in [5.74, 6) is -0.460. The molecule has 5 heteroatoms. The molecule has 0 unspecified atom stereocenters. The Balaban J connectivity index is 2.42. The summed E-state index contributed by atoms with van der Waals surface area (Å²) in [6, 6.07) is 8.82. The van der Waals surface area contributed by atoms with Gasteiger partial charge in [-0.05, 0) is 35.0 Å². The van der Waals surface area contributed by atoms with Gasteiger partial charge >= 0.3 is 5.97 Å². The lowest BCUT2D eigenvalue weighted by molar-refractivity contribution is 0.0693. The van der Waals surface area contributed by atoms with Gasteiger partial charge in [-0.3, -0.25) is 0 Å². The molecule has 0 bridgehead atoms. The second kappa shape index (κ2) is 6.34. The minimum atomic E-state index is -1.09. The Morgan fingerprint density at radius 3 is 2.85 bits per heavy atom. The molecule has 0 amide bonds. The fourth-order valence-corrected chi connectivity index (χ4v) is 1.99. The Hall–Kier alpha value is -2.14. The number of halogens is 1. The minimum Gasteiger partial charge on any atom is -0.477 e. The maximum atomic E-state index is 11.2. The Morgan fingerprint density at radius 2 is 2.15 bits per heavy atom. The van der Waals surface area contributed by atoms with E-state index in [4.69, 9.17) is 4.74 Å². The van der Waals surface area contributed by atoms with Crippen molar-refractivity contribution in [2.75, 3.05) is 0 Å². The second-order valence-electron chi connectivity index (χ2n) is 3.95. The number of carboxylic acid groups (broad SMARTS) is 1. The van der Waals surface area contributed by atoms with Crippen LogP contribution < -0.4 is 4.74 Å². The number of hydrogen-bond acceptors (Lipinski definition) is 3. The second-order valence-corrected chi connectivity index (χ2v) is 4.87. The number of carboxylic acids is 1. The molecule has 2 rings (SSSR count). The number of allylic oxidation sites excluding steroid dienone is 1. The summed E-state index contributed by atoms with van der Waals surface area (Å²) in [5.41, 5.74) is 0.866. The number of pyridine rings is 1. The molecule has 0 aliphatic heterocycles. The molecule has 1 aromatic carbocycles. The van der Waals surface area contributed by atoms with Gasteiger partial charge in [0.2, 0.25) is 5.88 Å². The molecule has 0 aliphatic carbocycles. The van der Waals surface area contributed by atoms with Crippen LogP contribution in [0.1, 0.15) is 22.8 Å². The Labute approximate surface area is 124 Å². The Kier molecular flexibility index (Phi) is 4.53. The summed E-state index contributed by atoms with van der Waals surface area (Å²) in [5, 5.41) is 9.19. The lowest BCUT2D eigenvalue weighted by Gasteiger charge is -2.10. The third-order valence-corrected chi connectivity index (χ3v) is 2.95. The van der Waals surface area contributed by atoms with Crippen LogP contribution in [-0.4, -0.2) is 16.1 Å². The molecule has 0 aliphatic rings. The van der Waals surface area contributed by atoms with Gasteiger partial charge in [-0.15, -0.1) is 0 Å². The number of carbonyl (C=O) groups is 1. The smallest absolute Gasteiger partial charge is 0.341 e. The minimum absolute atomic E-state index is 0.00894. The van der Waals surface area contributed by atoms with Gasteiger partial charge < -0.3 is 9.84 Å². The van der Waals surface area contributed by atoms with Crippen molar-refractivity contribution < 1.29 is 14.6 Å². The molecule has 0 radical (unpaired) electrons. The van der Waals surface area contributed by atoms with E-state index in [1.54, 1.807) is 6.07 Å². The molecule has 0 atom stereocenters. The molecule has 1 N–H and O–H groups in total. The van der Waals surface area contributed by atoms with Crippen molar-refractivity contribution in [1.29, 1.82) is 0 Å². The van der Waals surface area contributed by atoms with Crippen molar-refractivity contribution >= 4 is 28.0 Å². The molecular formula is C15H12BrNO3. The monoisotopic (exact) mass is 333 g/mol. The third kappa shape index (κ3) is 3.24. The van der Waals surface area contributed by atoms with Crippen LogP contribution in [0.5, 0.6) is 11.6 Å². The van der Waals surface area contributed by atoms with Crippen LogP contribution in [0.25, 0.3) is 6.08 Å². The van der Waals surface area contributed by atoms with E-state index in [-0.39, 0.29) is 11.4 Å². The zero-order valence-electron chi connectivity index (χ0n) is 10.7. The lowest BCUT2D eigenvalue weighted by atomic mass is 10.2. The van der Waals surface area contributed by atoms with Crippen LogP contribution in [-0.2, 0) is 0 Å². The van der Waals surface area contributed by atoms with Crippen LogP contribution in [0.4, 0.5) is 0 Å². The summed E-state index contributed by atoms with van der Waals surface area (Å²) in [6.07, 6.45) is 5.27. The zero-order valence-corrected chi connectivity index (χ0v) is 12.3. The first kappa shape index (κ1) is 14.3. The Bertz CT molecular complexity index is 668. The molecule has 0 saturated heterocycles. The van der Waals surface area contributed by atoms with E-state index < -0.39 is 5.97 Å². The summed E-state index contributed by atoms with van der Waals surface area (Å²) in [6.45, 7) is 1.90. The quantitative estimate of drug-likeness (QED) is 0.902. The van der Waals surface area contributed by atoms with Crippen molar-refractivity contribution in [3.05, 3.63) is 58.2 Å². The van der Waals surface area contributed by atoms with Crippen LogP contribution in [0, 0.1) is 0 Å². The molecule has 102 valence electrons. The van der Waals surface area contributed by atoms with Gasteiger partial charge in [0.1, 0.15) is 11.3 Å². The van der Waals surface area contributed by atoms with Gasteiger partial charge in [-0.25, -0.2) is 9.78 Å². The molecule has 4 nitrogen and oxygen atoms in total. The van der Waals surface area contributed by atoms with Gasteiger partial charge in [-0.1, -0.05) is 30.4 Å². The van der Waals surface area contributed by atoms with E-state index in [1.165, 1.54) is 12.3 Å². The maximum absolute atomic E-state index is 11.2. The van der Waals surface area contributed by atoms with Crippen LogP contribution >= 0.6 is 15.9 Å². The van der Waals surface area contributed by atoms with Crippen LogP contribution in [0.15, 0.2) is 47.1 Å². The molecular weight excluding hydrogens is 322 g/mol. The van der Waals surface area contributed by atoms with E-state index in [0.29, 0.717) is 10.2 Å². The molecule has 0 saturated carbocycles. The first-order valence-electron chi connectivity index (χ1n) is 5.90. The molecule has 0 spiro atoms. The highest BCUT2D eigenvalue weighted by molar-refractivity contribution is 9.10. The standard InChI is InChI=1S/C15H12BrNO3/c1-2-5-10-6-3-4-7-13(10)20-14-12(15(18)19)8-11(16)9-17-14/h2-9H,1H3,(H,18,19). The summed E-state index contributed by atoms with van der Waals surface area (Å²) in [7, 11) is 0. The van der Waals surface area contributed by atoms with Crippen molar-refractivity contribution in [3.8, 4) is 11.6 Å². The Morgan fingerprint density at radius 1 is 1.40 bits per heavy atom. The average molecular weight is 334 g/mol. The van der Waals surface area contributed by atoms with E-state index in [2.05, 4.69) is 20.9 Å². The van der Waals surface area contributed by atoms with Crippen molar-refractivity contribution in [2.24, 2.45) is 0 Å². The van der Waals surface area contributed by atoms with Gasteiger partial charge in [0.15, 0.2) is 0 Å². The molecule has 1 heterocycles. The maximum Gasteiger partial charge on any atom is 0.341 e. The zero-order chi connectivity index (χ0) is 14.5. The first-order chi connectivity index (χ1) is 9.61. The van der Waals surface area contributed by atoms with E-state index in [1.807, 2.05) is 37.3 Å². The molecule has 1 aromatic heterocycles. The summed E-state index contributed by atoms with van der Waals surface area (Å²) in [4.78, 5) is 15.2. The topological polar surface area (TPSA) is 59.4 Å². The first-order valence-corrected chi connectivity index (χ1v) is 6.69. The van der Waals surface area contributed by atoms with Gasteiger partial charge in [0.05, 0.1) is 0 Å². The normalized spacial score (nSPS) is 10.7. The van der Waals surface area contributed by atoms with Gasteiger partial charge in [-0.2, -0.15) is 0 Å². The number of hydrogen-bond donors (Lipinski definition) is 1. The molecule has 2 aromatic rings. The van der Waals surface area contributed by atoms with Crippen LogP contribution in [0.2, 0.25) is 0 Å². The third-order valence-electron chi connectivity index (χ3n) is 2.52. The molecule has 20 heavy (non-hydrogen) atoms. The predicted molar refractivity (Wildman–Crippen MR) is 80.1 cm³/mol. The fourth-order valence-electron chi connectivity index (χ4n) is 1.66. The van der Waals surface area contributed by atoms with E-state index in [0.717, 1.165) is 5.56 Å². The number of rotatable bonds is 4. The molecule has 0 fully saturated rings. The largest absolute Gasteiger partial charge is 0.477 e. The fraction of sp³-hybridized carbons (Fsp3) is 0.0667. The number of ether oxygens (including phenoxy) is 1. The van der Waals surface area contributed by atoms with Crippen molar-refractivity contribution in [2.45, 2.75) is 6.92 Å². The summed E-state index contributed by atoms with van der Waals surface area (Å²) >= 11 is 3.20. The number of benzene rings is 1. The van der Waals surface area contributed by atoms with Crippen LogP contribution in [0.3, 0.4) is 0 Å². The van der Waals surface area contributed by atoms with Gasteiger partial charge in [0, 0.05) is 16.2 Å². The predicted octanol–water partition coefficient (Wildman–Crippen LogP) is 4.37. The highest BCUT2D eigenvalue weighted by Gasteiger charge is 2.15. The number of aromatic nitrogens is 1. The number of aromatic carboxylic acids is 1. The van der Waals surface area contributed by atoms with E-state index >= 15 is 0 Å². The number of para-hydroxylation sites is 1. The van der Waals surface area contributed by atoms with Gasteiger partial charge in [0.25, 0.3) is 0 Å². The average Bonchev–Trinajstić information content (AvgIpc) is 2.43. The van der Waals surface area contributed by atoms with Crippen molar-refractivity contribution in [3.63, 3.8) is 0 Å². The lowest BCUT2D eigenvalue weighted by Crippen LogP contribution is -2.02.